The van der Waals surface area contributed by atoms with Crippen LogP contribution in [0.1, 0.15) is 34.1 Å². The average molecular weight is 341 g/mol. The van der Waals surface area contributed by atoms with Gasteiger partial charge in [0, 0.05) is 18.4 Å². The second kappa shape index (κ2) is 7.68. The minimum atomic E-state index is -0.911. The topological polar surface area (TPSA) is 82.1 Å². The molecule has 0 aromatic carbocycles. The van der Waals surface area contributed by atoms with E-state index in [-0.39, 0.29) is 18.9 Å². The van der Waals surface area contributed by atoms with Crippen molar-refractivity contribution in [2.75, 3.05) is 20.8 Å². The van der Waals surface area contributed by atoms with E-state index < -0.39 is 35.6 Å². The third kappa shape index (κ3) is 4.72. The molecule has 0 spiro atoms. The fraction of sp³-hybridized carbons (Fsp3) is 0.706. The van der Waals surface area contributed by atoms with Gasteiger partial charge in [0.1, 0.15) is 11.6 Å². The van der Waals surface area contributed by atoms with Crippen LogP contribution >= 0.6 is 0 Å². The summed E-state index contributed by atoms with van der Waals surface area (Å²) in [7, 11) is 2.53. The summed E-state index contributed by atoms with van der Waals surface area (Å²) in [5.74, 6) is -1.72. The predicted molar refractivity (Wildman–Crippen MR) is 87.2 cm³/mol. The van der Waals surface area contributed by atoms with E-state index in [1.54, 1.807) is 20.8 Å². The molecule has 24 heavy (non-hydrogen) atoms. The number of carbonyl (C=O) groups is 3. The van der Waals surface area contributed by atoms with Gasteiger partial charge in [0.2, 0.25) is 0 Å². The summed E-state index contributed by atoms with van der Waals surface area (Å²) < 4.78 is 15.0. The summed E-state index contributed by atoms with van der Waals surface area (Å²) in [6, 6.07) is -0.911. The number of hydrogen-bond acceptors (Lipinski definition) is 6. The minimum Gasteiger partial charge on any atom is -0.469 e. The van der Waals surface area contributed by atoms with E-state index in [1.165, 1.54) is 19.1 Å². The quantitative estimate of drug-likeness (QED) is 0.443. The molecule has 1 saturated heterocycles. The fourth-order valence-electron chi connectivity index (χ4n) is 2.89. The average Bonchev–Trinajstić information content (AvgIpc) is 2.84. The van der Waals surface area contributed by atoms with Gasteiger partial charge in [0.15, 0.2) is 0 Å². The van der Waals surface area contributed by atoms with Gasteiger partial charge in [-0.05, 0) is 27.7 Å². The molecule has 1 rings (SSSR count). The van der Waals surface area contributed by atoms with Gasteiger partial charge in [-0.3, -0.25) is 9.69 Å². The summed E-state index contributed by atoms with van der Waals surface area (Å²) in [5, 5.41) is 0. The summed E-state index contributed by atoms with van der Waals surface area (Å²) in [6.07, 6.45) is -0.621. The fourth-order valence-corrected chi connectivity index (χ4v) is 2.89. The SMILES string of the molecule is C=C(C)[C@@H]1CN(C(=O)OC(C)(C)C)[C@H](C(=O)OC)[C@H]1CC(=O)OC. The lowest BCUT2D eigenvalue weighted by Gasteiger charge is -2.28. The summed E-state index contributed by atoms with van der Waals surface area (Å²) in [4.78, 5) is 37.9. The number of hydrogen-bond donors (Lipinski definition) is 0. The first-order chi connectivity index (χ1) is 11.0. The lowest BCUT2D eigenvalue weighted by Crippen LogP contribution is -2.46. The molecular formula is C17H27NO6. The zero-order valence-corrected chi connectivity index (χ0v) is 15.3. The van der Waals surface area contributed by atoms with Crippen molar-refractivity contribution in [3.63, 3.8) is 0 Å². The maximum atomic E-state index is 12.5. The molecule has 0 aromatic rings. The number of amides is 1. The highest BCUT2D eigenvalue weighted by molar-refractivity contribution is 5.84. The van der Waals surface area contributed by atoms with Gasteiger partial charge in [-0.25, -0.2) is 9.59 Å². The Morgan fingerprint density at radius 1 is 1.17 bits per heavy atom. The molecule has 0 bridgehead atoms. The number of esters is 2. The van der Waals surface area contributed by atoms with Crippen molar-refractivity contribution < 1.29 is 28.6 Å². The molecule has 7 nitrogen and oxygen atoms in total. The highest BCUT2D eigenvalue weighted by Crippen LogP contribution is 2.38. The van der Waals surface area contributed by atoms with Crippen LogP contribution in [0.3, 0.4) is 0 Å². The van der Waals surface area contributed by atoms with Crippen LogP contribution < -0.4 is 0 Å². The van der Waals surface area contributed by atoms with Gasteiger partial charge < -0.3 is 14.2 Å². The summed E-state index contributed by atoms with van der Waals surface area (Å²) in [5.41, 5.74) is 0.0838. The highest BCUT2D eigenvalue weighted by atomic mass is 16.6. The normalized spacial score (nSPS) is 23.6. The van der Waals surface area contributed by atoms with Crippen molar-refractivity contribution in [2.45, 2.75) is 45.8 Å². The molecule has 0 aromatic heterocycles. The van der Waals surface area contributed by atoms with E-state index in [2.05, 4.69) is 6.58 Å². The van der Waals surface area contributed by atoms with Crippen molar-refractivity contribution in [3.05, 3.63) is 12.2 Å². The van der Waals surface area contributed by atoms with Crippen LogP contribution in [-0.2, 0) is 23.8 Å². The van der Waals surface area contributed by atoms with Crippen LogP contribution in [0.2, 0.25) is 0 Å². The van der Waals surface area contributed by atoms with Crippen LogP contribution in [0.4, 0.5) is 4.79 Å². The number of carbonyl (C=O) groups excluding carboxylic acids is 3. The van der Waals surface area contributed by atoms with Crippen LogP contribution in [0.5, 0.6) is 0 Å². The number of methoxy groups -OCH3 is 2. The molecule has 0 aliphatic carbocycles. The van der Waals surface area contributed by atoms with Crippen LogP contribution in [0.25, 0.3) is 0 Å². The van der Waals surface area contributed by atoms with Gasteiger partial charge in [0.05, 0.1) is 20.6 Å². The molecule has 1 fully saturated rings. The van der Waals surface area contributed by atoms with Crippen molar-refractivity contribution >= 4 is 18.0 Å². The molecule has 1 aliphatic heterocycles. The van der Waals surface area contributed by atoms with E-state index >= 15 is 0 Å². The Bertz CT molecular complexity index is 522. The first kappa shape index (κ1) is 20.0. The van der Waals surface area contributed by atoms with E-state index in [9.17, 15) is 14.4 Å². The number of nitrogens with zero attached hydrogens (tertiary/aromatic N) is 1. The standard InChI is InChI=1S/C17H27NO6/c1-10(2)12-9-18(16(21)24-17(3,4)5)14(15(20)23-7)11(12)8-13(19)22-6/h11-12,14H,1,8-9H2,2-7H3/t11-,12-,14-/m0/s1. The van der Waals surface area contributed by atoms with Crippen molar-refractivity contribution in [2.24, 2.45) is 11.8 Å². The summed E-state index contributed by atoms with van der Waals surface area (Å²) in [6.45, 7) is 11.2. The molecule has 0 N–H and O–H groups in total. The maximum absolute atomic E-state index is 12.5. The van der Waals surface area contributed by atoms with Gasteiger partial charge in [-0.15, -0.1) is 0 Å². The first-order valence-electron chi connectivity index (χ1n) is 7.81. The Kier molecular flexibility index (Phi) is 6.40. The molecule has 0 saturated carbocycles. The molecule has 136 valence electrons. The molecule has 3 atom stereocenters. The summed E-state index contributed by atoms with van der Waals surface area (Å²) >= 11 is 0. The van der Waals surface area contributed by atoms with E-state index in [1.807, 2.05) is 6.92 Å². The Labute approximate surface area is 142 Å². The Balaban J connectivity index is 3.18. The molecule has 7 heteroatoms. The number of rotatable bonds is 4. The van der Waals surface area contributed by atoms with E-state index in [4.69, 9.17) is 14.2 Å². The number of ether oxygens (including phenoxy) is 3. The molecule has 1 amide bonds. The van der Waals surface area contributed by atoms with Crippen LogP contribution in [0, 0.1) is 11.8 Å². The van der Waals surface area contributed by atoms with Crippen LogP contribution in [-0.4, -0.2) is 55.3 Å². The second-order valence-corrected chi connectivity index (χ2v) is 7.00. The number of likely N-dealkylation sites (tertiary alicyclic amines) is 1. The Hall–Kier alpha value is -2.05. The second-order valence-electron chi connectivity index (χ2n) is 7.00. The van der Waals surface area contributed by atoms with Gasteiger partial charge >= 0.3 is 18.0 Å². The van der Waals surface area contributed by atoms with Crippen molar-refractivity contribution in [3.8, 4) is 0 Å². The lowest BCUT2D eigenvalue weighted by molar-refractivity contribution is -0.148. The lowest BCUT2D eigenvalue weighted by atomic mass is 9.84. The Morgan fingerprint density at radius 2 is 1.75 bits per heavy atom. The first-order valence-corrected chi connectivity index (χ1v) is 7.81. The molecule has 1 aliphatic rings. The smallest absolute Gasteiger partial charge is 0.411 e. The third-order valence-electron chi connectivity index (χ3n) is 3.99. The zero-order valence-electron chi connectivity index (χ0n) is 15.3. The zero-order chi connectivity index (χ0) is 18.7. The van der Waals surface area contributed by atoms with E-state index in [0.29, 0.717) is 0 Å². The predicted octanol–water partition coefficient (Wildman–Crippen LogP) is 2.15. The van der Waals surface area contributed by atoms with Gasteiger partial charge in [-0.1, -0.05) is 12.2 Å². The monoisotopic (exact) mass is 341 g/mol. The largest absolute Gasteiger partial charge is 0.469 e. The molecule has 0 unspecified atom stereocenters. The van der Waals surface area contributed by atoms with Crippen LogP contribution in [0.15, 0.2) is 12.2 Å². The van der Waals surface area contributed by atoms with E-state index in [0.717, 1.165) is 5.57 Å². The van der Waals surface area contributed by atoms with Crippen molar-refractivity contribution in [1.29, 1.82) is 0 Å². The van der Waals surface area contributed by atoms with Gasteiger partial charge in [0.25, 0.3) is 0 Å². The third-order valence-corrected chi connectivity index (χ3v) is 3.99. The molecule has 1 heterocycles. The maximum Gasteiger partial charge on any atom is 0.411 e. The minimum absolute atomic E-state index is 0.00685. The molecular weight excluding hydrogens is 314 g/mol. The Morgan fingerprint density at radius 3 is 2.17 bits per heavy atom. The van der Waals surface area contributed by atoms with Gasteiger partial charge in [-0.2, -0.15) is 0 Å². The highest BCUT2D eigenvalue weighted by Gasteiger charge is 2.50. The van der Waals surface area contributed by atoms with Crippen molar-refractivity contribution in [1.82, 2.24) is 4.90 Å². The molecule has 0 radical (unpaired) electrons.